The SMILES string of the molecule is Cc1cc(C(=O)NCCCCCCC(C)C)ccc1Br. The molecule has 3 heteroatoms. The maximum absolute atomic E-state index is 12.0. The Morgan fingerprint density at radius 1 is 1.20 bits per heavy atom. The molecular formula is C17H26BrNO. The molecule has 0 heterocycles. The van der Waals surface area contributed by atoms with Crippen molar-refractivity contribution in [2.45, 2.75) is 52.9 Å². The van der Waals surface area contributed by atoms with Gasteiger partial charge in [0.25, 0.3) is 5.91 Å². The normalized spacial score (nSPS) is 10.8. The molecule has 0 aromatic heterocycles. The average Bonchev–Trinajstić information content (AvgIpc) is 2.40. The maximum Gasteiger partial charge on any atom is 0.251 e. The van der Waals surface area contributed by atoms with Gasteiger partial charge in [-0.1, -0.05) is 55.5 Å². The molecule has 2 nitrogen and oxygen atoms in total. The fourth-order valence-electron chi connectivity index (χ4n) is 2.12. The van der Waals surface area contributed by atoms with Crippen molar-refractivity contribution in [3.8, 4) is 0 Å². The highest BCUT2D eigenvalue weighted by Gasteiger charge is 2.06. The lowest BCUT2D eigenvalue weighted by Crippen LogP contribution is -2.24. The molecule has 0 spiro atoms. The summed E-state index contributed by atoms with van der Waals surface area (Å²) in [7, 11) is 0. The van der Waals surface area contributed by atoms with E-state index in [1.165, 1.54) is 25.7 Å². The molecule has 1 amide bonds. The van der Waals surface area contributed by atoms with Crippen molar-refractivity contribution in [2.24, 2.45) is 5.92 Å². The standard InChI is InChI=1S/C17H26BrNO/c1-13(2)8-6-4-5-7-11-19-17(20)15-9-10-16(18)14(3)12-15/h9-10,12-13H,4-8,11H2,1-3H3,(H,19,20). The van der Waals surface area contributed by atoms with E-state index in [0.29, 0.717) is 0 Å². The first-order valence-corrected chi connectivity index (χ1v) is 8.34. The van der Waals surface area contributed by atoms with E-state index < -0.39 is 0 Å². The molecular weight excluding hydrogens is 314 g/mol. The highest BCUT2D eigenvalue weighted by molar-refractivity contribution is 9.10. The Kier molecular flexibility index (Phi) is 7.90. The van der Waals surface area contributed by atoms with E-state index in [1.54, 1.807) is 0 Å². The number of nitrogens with one attached hydrogen (secondary N) is 1. The molecule has 112 valence electrons. The zero-order chi connectivity index (χ0) is 15.0. The second-order valence-electron chi connectivity index (χ2n) is 5.82. The number of hydrogen-bond acceptors (Lipinski definition) is 1. The van der Waals surface area contributed by atoms with Crippen LogP contribution in [0.25, 0.3) is 0 Å². The van der Waals surface area contributed by atoms with Crippen LogP contribution in [0.4, 0.5) is 0 Å². The summed E-state index contributed by atoms with van der Waals surface area (Å²) < 4.78 is 1.04. The minimum absolute atomic E-state index is 0.0304. The van der Waals surface area contributed by atoms with E-state index in [1.807, 2.05) is 25.1 Å². The minimum atomic E-state index is 0.0304. The van der Waals surface area contributed by atoms with E-state index in [4.69, 9.17) is 0 Å². The molecule has 1 aromatic carbocycles. The number of carbonyl (C=O) groups excluding carboxylic acids is 1. The summed E-state index contributed by atoms with van der Waals surface area (Å²) in [5, 5.41) is 2.99. The number of carbonyl (C=O) groups is 1. The van der Waals surface area contributed by atoms with Gasteiger partial charge in [-0.2, -0.15) is 0 Å². The van der Waals surface area contributed by atoms with Crippen LogP contribution in [0.5, 0.6) is 0 Å². The van der Waals surface area contributed by atoms with Gasteiger partial charge in [-0.05, 0) is 43.0 Å². The number of rotatable bonds is 8. The molecule has 0 aliphatic heterocycles. The summed E-state index contributed by atoms with van der Waals surface area (Å²) in [5.74, 6) is 0.832. The van der Waals surface area contributed by atoms with Gasteiger partial charge in [0.15, 0.2) is 0 Å². The number of halogens is 1. The molecule has 0 aliphatic rings. The fourth-order valence-corrected chi connectivity index (χ4v) is 2.37. The van der Waals surface area contributed by atoms with Crippen LogP contribution in [0, 0.1) is 12.8 Å². The van der Waals surface area contributed by atoms with Gasteiger partial charge in [-0.3, -0.25) is 4.79 Å². The van der Waals surface area contributed by atoms with Crippen molar-refractivity contribution in [2.75, 3.05) is 6.54 Å². The predicted molar refractivity (Wildman–Crippen MR) is 89.1 cm³/mol. The van der Waals surface area contributed by atoms with Gasteiger partial charge in [0.05, 0.1) is 0 Å². The van der Waals surface area contributed by atoms with Crippen LogP contribution >= 0.6 is 15.9 Å². The van der Waals surface area contributed by atoms with Crippen molar-refractivity contribution in [1.82, 2.24) is 5.32 Å². The summed E-state index contributed by atoms with van der Waals surface area (Å²) in [6.45, 7) is 7.30. The number of hydrogen-bond donors (Lipinski definition) is 1. The molecule has 0 fully saturated rings. The smallest absolute Gasteiger partial charge is 0.251 e. The van der Waals surface area contributed by atoms with Crippen LogP contribution in [-0.2, 0) is 0 Å². The van der Waals surface area contributed by atoms with Crippen LogP contribution in [0.1, 0.15) is 61.9 Å². The van der Waals surface area contributed by atoms with Crippen LogP contribution < -0.4 is 5.32 Å². The zero-order valence-corrected chi connectivity index (χ0v) is 14.4. The lowest BCUT2D eigenvalue weighted by molar-refractivity contribution is 0.0953. The van der Waals surface area contributed by atoms with E-state index >= 15 is 0 Å². The predicted octanol–water partition coefficient (Wildman–Crippen LogP) is 5.09. The first-order chi connectivity index (χ1) is 9.50. The van der Waals surface area contributed by atoms with Crippen molar-refractivity contribution in [3.63, 3.8) is 0 Å². The molecule has 20 heavy (non-hydrogen) atoms. The van der Waals surface area contributed by atoms with Crippen LogP contribution in [0.15, 0.2) is 22.7 Å². The van der Waals surface area contributed by atoms with Crippen LogP contribution in [0.3, 0.4) is 0 Å². The van der Waals surface area contributed by atoms with Gasteiger partial charge < -0.3 is 5.32 Å². The Morgan fingerprint density at radius 2 is 1.90 bits per heavy atom. The number of benzene rings is 1. The Morgan fingerprint density at radius 3 is 2.55 bits per heavy atom. The molecule has 0 aliphatic carbocycles. The van der Waals surface area contributed by atoms with Gasteiger partial charge in [0, 0.05) is 16.6 Å². The van der Waals surface area contributed by atoms with E-state index in [2.05, 4.69) is 35.1 Å². The van der Waals surface area contributed by atoms with Gasteiger partial charge >= 0.3 is 0 Å². The van der Waals surface area contributed by atoms with Crippen molar-refractivity contribution < 1.29 is 4.79 Å². The monoisotopic (exact) mass is 339 g/mol. The summed E-state index contributed by atoms with van der Waals surface area (Å²) in [4.78, 5) is 12.0. The average molecular weight is 340 g/mol. The molecule has 0 radical (unpaired) electrons. The highest BCUT2D eigenvalue weighted by atomic mass is 79.9. The van der Waals surface area contributed by atoms with Gasteiger partial charge in [0.2, 0.25) is 0 Å². The molecule has 0 bridgehead atoms. The van der Waals surface area contributed by atoms with Crippen molar-refractivity contribution in [1.29, 1.82) is 0 Å². The summed E-state index contributed by atoms with van der Waals surface area (Å²) in [6.07, 6.45) is 6.15. The molecule has 1 aromatic rings. The van der Waals surface area contributed by atoms with Crippen LogP contribution in [-0.4, -0.2) is 12.5 Å². The fraction of sp³-hybridized carbons (Fsp3) is 0.588. The Hall–Kier alpha value is -0.830. The van der Waals surface area contributed by atoms with Gasteiger partial charge in [-0.15, -0.1) is 0 Å². The van der Waals surface area contributed by atoms with Crippen molar-refractivity contribution >= 4 is 21.8 Å². The van der Waals surface area contributed by atoms with E-state index in [0.717, 1.165) is 34.5 Å². The maximum atomic E-state index is 12.0. The third kappa shape index (κ3) is 6.56. The van der Waals surface area contributed by atoms with E-state index in [-0.39, 0.29) is 5.91 Å². The summed E-state index contributed by atoms with van der Waals surface area (Å²) in [5.41, 5.74) is 1.83. The quantitative estimate of drug-likeness (QED) is 0.656. The first kappa shape index (κ1) is 17.2. The second kappa shape index (κ2) is 9.17. The minimum Gasteiger partial charge on any atom is -0.352 e. The summed E-state index contributed by atoms with van der Waals surface area (Å²) in [6, 6.07) is 5.70. The first-order valence-electron chi connectivity index (χ1n) is 7.55. The molecule has 1 rings (SSSR count). The highest BCUT2D eigenvalue weighted by Crippen LogP contribution is 2.17. The number of amides is 1. The largest absolute Gasteiger partial charge is 0.352 e. The molecule has 0 atom stereocenters. The number of aryl methyl sites for hydroxylation is 1. The Bertz CT molecular complexity index is 429. The molecule has 0 saturated heterocycles. The van der Waals surface area contributed by atoms with Gasteiger partial charge in [-0.25, -0.2) is 0 Å². The van der Waals surface area contributed by atoms with Crippen molar-refractivity contribution in [3.05, 3.63) is 33.8 Å². The van der Waals surface area contributed by atoms with Gasteiger partial charge in [0.1, 0.15) is 0 Å². The second-order valence-corrected chi connectivity index (χ2v) is 6.67. The molecule has 0 unspecified atom stereocenters. The summed E-state index contributed by atoms with van der Waals surface area (Å²) >= 11 is 3.44. The molecule has 1 N–H and O–H groups in total. The lowest BCUT2D eigenvalue weighted by atomic mass is 10.0. The third-order valence-electron chi connectivity index (χ3n) is 3.41. The van der Waals surface area contributed by atoms with Crippen LogP contribution in [0.2, 0.25) is 0 Å². The van der Waals surface area contributed by atoms with E-state index in [9.17, 15) is 4.79 Å². The Balaban J connectivity index is 2.18. The number of unbranched alkanes of at least 4 members (excludes halogenated alkanes) is 3. The Labute approximate surface area is 131 Å². The lowest BCUT2D eigenvalue weighted by Gasteiger charge is -2.07. The zero-order valence-electron chi connectivity index (χ0n) is 12.8. The topological polar surface area (TPSA) is 29.1 Å². The molecule has 0 saturated carbocycles. The third-order valence-corrected chi connectivity index (χ3v) is 4.30.